The first kappa shape index (κ1) is 21.4. The molecule has 0 aromatic heterocycles. The zero-order valence-electron chi connectivity index (χ0n) is 17.0. The van der Waals surface area contributed by atoms with Crippen molar-refractivity contribution in [1.82, 2.24) is 5.06 Å². The molecule has 0 radical (unpaired) electrons. The zero-order valence-corrected chi connectivity index (χ0v) is 17.8. The molecule has 2 aliphatic carbocycles. The van der Waals surface area contributed by atoms with E-state index in [1.54, 1.807) is 0 Å². The molecule has 0 aliphatic heterocycles. The van der Waals surface area contributed by atoms with Crippen molar-refractivity contribution in [3.8, 4) is 0 Å². The van der Waals surface area contributed by atoms with Crippen molar-refractivity contribution < 1.29 is 14.4 Å². The van der Waals surface area contributed by atoms with Crippen LogP contribution in [0.2, 0.25) is 0 Å². The van der Waals surface area contributed by atoms with Crippen molar-refractivity contribution in [3.63, 3.8) is 0 Å². The van der Waals surface area contributed by atoms with E-state index in [-0.39, 0.29) is 11.1 Å². The van der Waals surface area contributed by atoms with Gasteiger partial charge < -0.3 is 4.84 Å². The van der Waals surface area contributed by atoms with Gasteiger partial charge in [-0.2, -0.15) is 0 Å². The maximum atomic E-state index is 13.1. The lowest BCUT2D eigenvalue weighted by atomic mass is 9.90. The van der Waals surface area contributed by atoms with Crippen LogP contribution in [0.25, 0.3) is 0 Å². The maximum Gasteiger partial charge on any atom is 0.338 e. The van der Waals surface area contributed by atoms with Gasteiger partial charge in [-0.3, -0.25) is 4.79 Å². The molecule has 0 N–H and O–H groups in total. The van der Waals surface area contributed by atoms with Crippen molar-refractivity contribution >= 4 is 22.8 Å². The van der Waals surface area contributed by atoms with Crippen LogP contribution >= 0.6 is 11.8 Å². The van der Waals surface area contributed by atoms with Crippen LogP contribution in [0.3, 0.4) is 0 Å². The Morgan fingerprint density at radius 2 is 1.50 bits per heavy atom. The first-order chi connectivity index (χ1) is 13.6. The molecule has 28 heavy (non-hydrogen) atoms. The number of hydroxylamine groups is 2. The van der Waals surface area contributed by atoms with E-state index in [4.69, 9.17) is 4.84 Å². The fourth-order valence-corrected chi connectivity index (χ4v) is 5.30. The van der Waals surface area contributed by atoms with Crippen molar-refractivity contribution in [2.45, 2.75) is 94.9 Å². The predicted octanol–water partition coefficient (Wildman–Crippen LogP) is 5.30. The van der Waals surface area contributed by atoms with E-state index in [0.717, 1.165) is 43.0 Å². The van der Waals surface area contributed by atoms with Crippen LogP contribution in [-0.4, -0.2) is 33.5 Å². The highest BCUT2D eigenvalue weighted by molar-refractivity contribution is 8.14. The highest BCUT2D eigenvalue weighted by Gasteiger charge is 2.34. The number of rotatable bonds is 7. The number of nitrogens with zero attached hydrogens (tertiary/aromatic N) is 1. The van der Waals surface area contributed by atoms with E-state index in [1.807, 2.05) is 30.3 Å². The number of benzene rings is 1. The molecular weight excluding hydrogens is 370 g/mol. The maximum absolute atomic E-state index is 13.1. The molecule has 1 aromatic carbocycles. The van der Waals surface area contributed by atoms with E-state index >= 15 is 0 Å². The van der Waals surface area contributed by atoms with Crippen LogP contribution in [0.15, 0.2) is 30.3 Å². The molecule has 3 rings (SSSR count). The van der Waals surface area contributed by atoms with E-state index in [2.05, 4.69) is 5.06 Å². The van der Waals surface area contributed by atoms with Crippen molar-refractivity contribution in [1.29, 1.82) is 0 Å². The Hall–Kier alpha value is -1.33. The van der Waals surface area contributed by atoms with Gasteiger partial charge in [0.15, 0.2) is 5.12 Å². The lowest BCUT2D eigenvalue weighted by molar-refractivity contribution is -0.222. The Kier molecular flexibility index (Phi) is 8.41. The van der Waals surface area contributed by atoms with E-state index < -0.39 is 5.25 Å². The van der Waals surface area contributed by atoms with E-state index in [1.165, 1.54) is 45.4 Å². The van der Waals surface area contributed by atoms with Crippen LogP contribution in [0.5, 0.6) is 0 Å². The third-order valence-electron chi connectivity index (χ3n) is 5.90. The molecule has 5 heteroatoms. The van der Waals surface area contributed by atoms with Gasteiger partial charge in [0, 0.05) is 19.0 Å². The van der Waals surface area contributed by atoms with Gasteiger partial charge >= 0.3 is 5.97 Å². The average Bonchev–Trinajstić information content (AvgIpc) is 2.73. The molecular formula is C23H33NO3S. The number of hydrogen-bond acceptors (Lipinski definition) is 5. The lowest BCUT2D eigenvalue weighted by Crippen LogP contribution is -2.47. The highest BCUT2D eigenvalue weighted by atomic mass is 32.2. The summed E-state index contributed by atoms with van der Waals surface area (Å²) in [6.07, 6.45) is 12.3. The van der Waals surface area contributed by atoms with Gasteiger partial charge in [0.2, 0.25) is 0 Å². The summed E-state index contributed by atoms with van der Waals surface area (Å²) in [5, 5.41) is 1.52. The van der Waals surface area contributed by atoms with Crippen LogP contribution < -0.4 is 0 Å². The average molecular weight is 404 g/mol. The number of hydrogen-bond donors (Lipinski definition) is 0. The normalized spacial score (nSPS) is 20.1. The minimum Gasteiger partial charge on any atom is -0.366 e. The van der Waals surface area contributed by atoms with Crippen LogP contribution in [0, 0.1) is 0 Å². The molecule has 0 unspecified atom stereocenters. The predicted molar refractivity (Wildman–Crippen MR) is 114 cm³/mol. The molecule has 0 amide bonds. The molecule has 0 saturated heterocycles. The number of carbonyl (C=O) groups is 2. The molecule has 2 saturated carbocycles. The molecule has 154 valence electrons. The van der Waals surface area contributed by atoms with Crippen molar-refractivity contribution in [2.24, 2.45) is 0 Å². The zero-order chi connectivity index (χ0) is 19.8. The van der Waals surface area contributed by atoms with Crippen molar-refractivity contribution in [3.05, 3.63) is 35.9 Å². The SMILES string of the molecule is CC(=O)S[C@@H](Cc1ccccc1)C(=O)ON(C1CCCCC1)C1CCCCC1. The Labute approximate surface area is 173 Å². The minimum absolute atomic E-state index is 0.0419. The summed E-state index contributed by atoms with van der Waals surface area (Å²) in [4.78, 5) is 31.0. The summed E-state index contributed by atoms with van der Waals surface area (Å²) in [5.41, 5.74) is 1.06. The first-order valence-corrected chi connectivity index (χ1v) is 11.7. The minimum atomic E-state index is -0.491. The topological polar surface area (TPSA) is 46.6 Å². The molecule has 2 fully saturated rings. The fraction of sp³-hybridized carbons (Fsp3) is 0.652. The molecule has 1 aromatic rings. The van der Waals surface area contributed by atoms with Gasteiger partial charge in [-0.1, -0.05) is 80.6 Å². The summed E-state index contributed by atoms with van der Waals surface area (Å²) in [7, 11) is 0. The van der Waals surface area contributed by atoms with E-state index in [0.29, 0.717) is 18.5 Å². The Morgan fingerprint density at radius 1 is 0.964 bits per heavy atom. The summed E-state index contributed by atoms with van der Waals surface area (Å²) in [6, 6.07) is 10.6. The second-order valence-electron chi connectivity index (χ2n) is 8.14. The second-order valence-corrected chi connectivity index (χ2v) is 9.52. The second kappa shape index (κ2) is 11.0. The Morgan fingerprint density at radius 3 is 2.00 bits per heavy atom. The van der Waals surface area contributed by atoms with Gasteiger partial charge in [0.1, 0.15) is 5.25 Å². The summed E-state index contributed by atoms with van der Waals surface area (Å²) >= 11 is 1.10. The molecule has 1 atom stereocenters. The van der Waals surface area contributed by atoms with Crippen LogP contribution in [0.1, 0.15) is 76.7 Å². The standard InChI is InChI=1S/C23H33NO3S/c1-18(25)28-22(17-19-11-5-2-6-12-19)23(26)27-24(20-13-7-3-8-14-20)21-15-9-4-10-16-21/h2,5-6,11-12,20-22H,3-4,7-10,13-17H2,1H3/t22-/m0/s1. The number of thioether (sulfide) groups is 1. The quantitative estimate of drug-likeness (QED) is 0.578. The third-order valence-corrected chi connectivity index (χ3v) is 6.88. The molecule has 2 aliphatic rings. The first-order valence-electron chi connectivity index (χ1n) is 10.8. The fourth-order valence-electron chi connectivity index (χ4n) is 4.48. The third kappa shape index (κ3) is 6.35. The van der Waals surface area contributed by atoms with Gasteiger partial charge in [-0.25, -0.2) is 4.79 Å². The van der Waals surface area contributed by atoms with Crippen LogP contribution in [0.4, 0.5) is 0 Å². The summed E-state index contributed by atoms with van der Waals surface area (Å²) in [5.74, 6) is -0.264. The smallest absolute Gasteiger partial charge is 0.338 e. The van der Waals surface area contributed by atoms with Crippen LogP contribution in [-0.2, 0) is 20.8 Å². The molecule has 0 bridgehead atoms. The van der Waals surface area contributed by atoms with Gasteiger partial charge in [0.25, 0.3) is 0 Å². The lowest BCUT2D eigenvalue weighted by Gasteiger charge is -2.40. The largest absolute Gasteiger partial charge is 0.366 e. The van der Waals surface area contributed by atoms with Gasteiger partial charge in [-0.15, -0.1) is 5.06 Å². The molecule has 4 nitrogen and oxygen atoms in total. The molecule has 0 spiro atoms. The van der Waals surface area contributed by atoms with Crippen molar-refractivity contribution in [2.75, 3.05) is 0 Å². The van der Waals surface area contributed by atoms with E-state index in [9.17, 15) is 9.59 Å². The monoisotopic (exact) mass is 403 g/mol. The highest BCUT2D eigenvalue weighted by Crippen LogP contribution is 2.31. The number of carbonyl (C=O) groups excluding carboxylic acids is 2. The van der Waals surface area contributed by atoms with Gasteiger partial charge in [0.05, 0.1) is 0 Å². The Bertz CT molecular complexity index is 606. The summed E-state index contributed by atoms with van der Waals surface area (Å²) < 4.78 is 0. The summed E-state index contributed by atoms with van der Waals surface area (Å²) in [6.45, 7) is 1.52. The molecule has 0 heterocycles. The van der Waals surface area contributed by atoms with Gasteiger partial charge in [-0.05, 0) is 37.7 Å². The Balaban J connectivity index is 1.71.